The minimum absolute atomic E-state index is 0.177. The summed E-state index contributed by atoms with van der Waals surface area (Å²) in [5, 5.41) is 13.7. The molecule has 2 amide bonds. The standard InChI is InChI=1S/C13H17FN2O4/c1-13(2,7-11(17)18)16-12(19)15-9-5-4-8(14)6-10(9)20-3/h4-6H,7H2,1-3H3,(H,17,18)(H2,15,16,19). The topological polar surface area (TPSA) is 87.7 Å². The van der Waals surface area contributed by atoms with Crippen LogP contribution in [0.4, 0.5) is 14.9 Å². The zero-order valence-corrected chi connectivity index (χ0v) is 11.5. The first-order chi connectivity index (χ1) is 9.23. The number of amides is 2. The fraction of sp³-hybridized carbons (Fsp3) is 0.385. The predicted octanol–water partition coefficient (Wildman–Crippen LogP) is 2.21. The lowest BCUT2D eigenvalue weighted by Crippen LogP contribution is -2.46. The molecule has 0 heterocycles. The first-order valence-electron chi connectivity index (χ1n) is 5.88. The Morgan fingerprint density at radius 2 is 2.05 bits per heavy atom. The number of urea groups is 1. The molecule has 0 fully saturated rings. The Morgan fingerprint density at radius 3 is 2.60 bits per heavy atom. The first-order valence-corrected chi connectivity index (χ1v) is 5.88. The van der Waals surface area contributed by atoms with Crippen LogP contribution < -0.4 is 15.4 Å². The number of carboxylic acids is 1. The van der Waals surface area contributed by atoms with Gasteiger partial charge in [0.2, 0.25) is 0 Å². The summed E-state index contributed by atoms with van der Waals surface area (Å²) >= 11 is 0. The van der Waals surface area contributed by atoms with E-state index in [9.17, 15) is 14.0 Å². The maximum absolute atomic E-state index is 13.0. The van der Waals surface area contributed by atoms with Crippen LogP contribution in [0, 0.1) is 5.82 Å². The number of hydrogen-bond acceptors (Lipinski definition) is 3. The molecule has 1 rings (SSSR count). The number of anilines is 1. The molecule has 1 aromatic carbocycles. The van der Waals surface area contributed by atoms with Gasteiger partial charge in [0.1, 0.15) is 11.6 Å². The summed E-state index contributed by atoms with van der Waals surface area (Å²) in [7, 11) is 1.35. The number of methoxy groups -OCH3 is 1. The molecule has 6 nitrogen and oxygen atoms in total. The third-order valence-electron chi connectivity index (χ3n) is 2.46. The number of carbonyl (C=O) groups excluding carboxylic acids is 1. The van der Waals surface area contributed by atoms with Crippen molar-refractivity contribution in [3.05, 3.63) is 24.0 Å². The van der Waals surface area contributed by atoms with Crippen LogP contribution in [0.3, 0.4) is 0 Å². The highest BCUT2D eigenvalue weighted by molar-refractivity contribution is 5.91. The summed E-state index contributed by atoms with van der Waals surface area (Å²) in [5.74, 6) is -1.33. The molecule has 3 N–H and O–H groups in total. The molecule has 1 aromatic rings. The summed E-state index contributed by atoms with van der Waals surface area (Å²) in [5.41, 5.74) is -0.624. The number of ether oxygens (including phenoxy) is 1. The second-order valence-electron chi connectivity index (χ2n) is 4.88. The molecular weight excluding hydrogens is 267 g/mol. The number of nitrogens with one attached hydrogen (secondary N) is 2. The van der Waals surface area contributed by atoms with Crippen molar-refractivity contribution in [1.29, 1.82) is 0 Å². The molecule has 0 atom stereocenters. The van der Waals surface area contributed by atoms with Crippen molar-refractivity contribution < 1.29 is 23.8 Å². The van der Waals surface area contributed by atoms with E-state index in [1.165, 1.54) is 19.2 Å². The van der Waals surface area contributed by atoms with Crippen molar-refractivity contribution in [2.45, 2.75) is 25.8 Å². The van der Waals surface area contributed by atoms with E-state index in [1.807, 2.05) is 0 Å². The van der Waals surface area contributed by atoms with E-state index in [1.54, 1.807) is 13.8 Å². The molecule has 0 aliphatic rings. The summed E-state index contributed by atoms with van der Waals surface area (Å²) in [6.07, 6.45) is -0.221. The van der Waals surface area contributed by atoms with Gasteiger partial charge in [-0.3, -0.25) is 4.79 Å². The molecule has 7 heteroatoms. The van der Waals surface area contributed by atoms with Crippen LogP contribution in [-0.4, -0.2) is 29.8 Å². The van der Waals surface area contributed by atoms with Crippen molar-refractivity contribution in [2.75, 3.05) is 12.4 Å². The van der Waals surface area contributed by atoms with E-state index >= 15 is 0 Å². The SMILES string of the molecule is COc1cc(F)ccc1NC(=O)NC(C)(C)CC(=O)O. The number of rotatable bonds is 5. The number of carboxylic acid groups (broad SMARTS) is 1. The lowest BCUT2D eigenvalue weighted by atomic mass is 10.0. The Hall–Kier alpha value is -2.31. The molecule has 0 aliphatic carbocycles. The van der Waals surface area contributed by atoms with E-state index in [2.05, 4.69) is 10.6 Å². The lowest BCUT2D eigenvalue weighted by Gasteiger charge is -2.24. The zero-order chi connectivity index (χ0) is 15.3. The van der Waals surface area contributed by atoms with E-state index in [0.717, 1.165) is 6.07 Å². The quantitative estimate of drug-likeness (QED) is 0.773. The summed E-state index contributed by atoms with van der Waals surface area (Å²) in [6.45, 7) is 3.17. The second kappa shape index (κ2) is 6.23. The van der Waals surface area contributed by atoms with Gasteiger partial charge in [0, 0.05) is 11.6 Å². The number of carbonyl (C=O) groups is 2. The van der Waals surface area contributed by atoms with Gasteiger partial charge in [-0.25, -0.2) is 9.18 Å². The molecule has 0 unspecified atom stereocenters. The number of halogens is 1. The van der Waals surface area contributed by atoms with Gasteiger partial charge < -0.3 is 20.5 Å². The van der Waals surface area contributed by atoms with E-state index in [4.69, 9.17) is 9.84 Å². The van der Waals surface area contributed by atoms with Crippen LogP contribution in [0.1, 0.15) is 20.3 Å². The van der Waals surface area contributed by atoms with Crippen LogP contribution in [-0.2, 0) is 4.79 Å². The monoisotopic (exact) mass is 284 g/mol. The first kappa shape index (κ1) is 15.7. The van der Waals surface area contributed by atoms with Gasteiger partial charge >= 0.3 is 12.0 Å². The smallest absolute Gasteiger partial charge is 0.319 e. The number of hydrogen-bond donors (Lipinski definition) is 3. The predicted molar refractivity (Wildman–Crippen MR) is 71.4 cm³/mol. The molecule has 110 valence electrons. The van der Waals surface area contributed by atoms with E-state index in [0.29, 0.717) is 0 Å². The van der Waals surface area contributed by atoms with Crippen LogP contribution in [0.25, 0.3) is 0 Å². The maximum atomic E-state index is 13.0. The Bertz CT molecular complexity index is 517. The van der Waals surface area contributed by atoms with Crippen LogP contribution in [0.5, 0.6) is 5.75 Å². The van der Waals surface area contributed by atoms with Crippen LogP contribution in [0.15, 0.2) is 18.2 Å². The summed E-state index contributed by atoms with van der Waals surface area (Å²) in [4.78, 5) is 22.5. The fourth-order valence-electron chi connectivity index (χ4n) is 1.65. The second-order valence-corrected chi connectivity index (χ2v) is 4.88. The average Bonchev–Trinajstić information content (AvgIpc) is 2.28. The summed E-state index contributed by atoms with van der Waals surface area (Å²) in [6, 6.07) is 3.08. The fourth-order valence-corrected chi connectivity index (χ4v) is 1.65. The Kier molecular flexibility index (Phi) is 4.90. The normalized spacial score (nSPS) is 10.8. The number of benzene rings is 1. The molecule has 0 bridgehead atoms. The van der Waals surface area contributed by atoms with E-state index < -0.39 is 23.4 Å². The highest BCUT2D eigenvalue weighted by Gasteiger charge is 2.24. The Balaban J connectivity index is 2.74. The molecule has 0 saturated heterocycles. The van der Waals surface area contributed by atoms with Crippen LogP contribution >= 0.6 is 0 Å². The molecule has 20 heavy (non-hydrogen) atoms. The maximum Gasteiger partial charge on any atom is 0.319 e. The molecule has 0 aliphatic heterocycles. The van der Waals surface area contributed by atoms with Gasteiger partial charge in [0.25, 0.3) is 0 Å². The van der Waals surface area contributed by atoms with Crippen molar-refractivity contribution >= 4 is 17.7 Å². The highest BCUT2D eigenvalue weighted by atomic mass is 19.1. The van der Waals surface area contributed by atoms with Gasteiger partial charge in [-0.1, -0.05) is 0 Å². The van der Waals surface area contributed by atoms with Gasteiger partial charge in [0.05, 0.1) is 19.2 Å². The molecule has 0 aromatic heterocycles. The number of aliphatic carboxylic acids is 1. The lowest BCUT2D eigenvalue weighted by molar-refractivity contribution is -0.138. The van der Waals surface area contributed by atoms with Gasteiger partial charge in [0.15, 0.2) is 0 Å². The van der Waals surface area contributed by atoms with Gasteiger partial charge in [-0.2, -0.15) is 0 Å². The largest absolute Gasteiger partial charge is 0.494 e. The third-order valence-corrected chi connectivity index (χ3v) is 2.46. The van der Waals surface area contributed by atoms with Crippen molar-refractivity contribution in [3.8, 4) is 5.75 Å². The summed E-state index contributed by atoms with van der Waals surface area (Å²) < 4.78 is 18.0. The van der Waals surface area contributed by atoms with Gasteiger partial charge in [-0.05, 0) is 26.0 Å². The minimum Gasteiger partial charge on any atom is -0.494 e. The minimum atomic E-state index is -1.02. The van der Waals surface area contributed by atoms with Crippen LogP contribution in [0.2, 0.25) is 0 Å². The molecular formula is C13H17FN2O4. The van der Waals surface area contributed by atoms with Crippen molar-refractivity contribution in [1.82, 2.24) is 5.32 Å². The van der Waals surface area contributed by atoms with E-state index in [-0.39, 0.29) is 17.9 Å². The molecule has 0 radical (unpaired) electrons. The van der Waals surface area contributed by atoms with Crippen molar-refractivity contribution in [2.24, 2.45) is 0 Å². The third kappa shape index (κ3) is 4.75. The zero-order valence-electron chi connectivity index (χ0n) is 11.5. The highest BCUT2D eigenvalue weighted by Crippen LogP contribution is 2.25. The average molecular weight is 284 g/mol. The van der Waals surface area contributed by atoms with Crippen molar-refractivity contribution in [3.63, 3.8) is 0 Å². The Labute approximate surface area is 115 Å². The van der Waals surface area contributed by atoms with Gasteiger partial charge in [-0.15, -0.1) is 0 Å². The molecule has 0 saturated carbocycles. The molecule has 0 spiro atoms. The Morgan fingerprint density at radius 1 is 1.40 bits per heavy atom.